The van der Waals surface area contributed by atoms with Gasteiger partial charge in [0.1, 0.15) is 18.1 Å². The monoisotopic (exact) mass is 728 g/mol. The average molecular weight is 729 g/mol. The van der Waals surface area contributed by atoms with Crippen LogP contribution in [0.3, 0.4) is 0 Å². The number of benzene rings is 1. The molecule has 3 aliphatic rings. The van der Waals surface area contributed by atoms with Crippen molar-refractivity contribution in [2.45, 2.75) is 97.3 Å². The van der Waals surface area contributed by atoms with Crippen molar-refractivity contribution in [3.63, 3.8) is 0 Å². The number of hydrogen-bond donors (Lipinski definition) is 4. The van der Waals surface area contributed by atoms with Gasteiger partial charge in [-0.2, -0.15) is 4.31 Å². The van der Waals surface area contributed by atoms with Gasteiger partial charge >= 0.3 is 6.03 Å². The van der Waals surface area contributed by atoms with Gasteiger partial charge in [0.25, 0.3) is 5.91 Å². The lowest BCUT2D eigenvalue weighted by Crippen LogP contribution is -2.63. The van der Waals surface area contributed by atoms with Crippen molar-refractivity contribution in [1.29, 1.82) is 0 Å². The summed E-state index contributed by atoms with van der Waals surface area (Å²) in [5.74, 6) is -2.72. The SMILES string of the molecule is C=CCNC(=O)C(=O)C(NC(=O)[C@@H]1[C@@H]2[C@H](CN1C(=O)[C@@H](NC(=O)N[C@H](CN(C)S(=O)(=O)c1ccccc1)C(C)(C)C)C(C)(C)C)C2(C)C)C1CC1. The number of urea groups is 1. The van der Waals surface area contributed by atoms with Gasteiger partial charge in [-0.25, -0.2) is 13.2 Å². The van der Waals surface area contributed by atoms with Crippen LogP contribution < -0.4 is 21.3 Å². The fourth-order valence-corrected chi connectivity index (χ4v) is 8.29. The Bertz CT molecular complexity index is 1630. The highest BCUT2D eigenvalue weighted by molar-refractivity contribution is 7.89. The number of carbonyl (C=O) groups excluding carboxylic acids is 5. The zero-order chi connectivity index (χ0) is 38.3. The summed E-state index contributed by atoms with van der Waals surface area (Å²) in [5.41, 5.74) is -1.56. The summed E-state index contributed by atoms with van der Waals surface area (Å²) >= 11 is 0. The zero-order valence-electron chi connectivity index (χ0n) is 31.4. The highest BCUT2D eigenvalue weighted by atomic mass is 32.2. The number of hydrogen-bond acceptors (Lipinski definition) is 7. The number of carbonyl (C=O) groups is 5. The first-order chi connectivity index (χ1) is 23.5. The van der Waals surface area contributed by atoms with Crippen LogP contribution in [-0.4, -0.2) is 98.0 Å². The highest BCUT2D eigenvalue weighted by Crippen LogP contribution is 2.65. The molecule has 1 aromatic carbocycles. The Hall–Kier alpha value is -3.78. The second-order valence-electron chi connectivity index (χ2n) is 17.0. The maximum absolute atomic E-state index is 14.4. The van der Waals surface area contributed by atoms with Crippen LogP contribution in [0.25, 0.3) is 0 Å². The van der Waals surface area contributed by atoms with Crippen LogP contribution in [-0.2, 0) is 29.2 Å². The van der Waals surface area contributed by atoms with E-state index in [2.05, 4.69) is 27.8 Å². The molecule has 4 rings (SSSR count). The average Bonchev–Trinajstić information content (AvgIpc) is 3.92. The molecule has 51 heavy (non-hydrogen) atoms. The van der Waals surface area contributed by atoms with Crippen LogP contribution in [0.1, 0.15) is 68.2 Å². The summed E-state index contributed by atoms with van der Waals surface area (Å²) < 4.78 is 27.8. The third kappa shape index (κ3) is 8.82. The fourth-order valence-electron chi connectivity index (χ4n) is 7.08. The van der Waals surface area contributed by atoms with Crippen molar-refractivity contribution < 1.29 is 32.4 Å². The molecule has 2 aliphatic carbocycles. The van der Waals surface area contributed by atoms with Crippen LogP contribution in [0.15, 0.2) is 47.9 Å². The molecule has 6 atom stereocenters. The van der Waals surface area contributed by atoms with Gasteiger partial charge in [-0.3, -0.25) is 19.2 Å². The van der Waals surface area contributed by atoms with Crippen molar-refractivity contribution in [2.75, 3.05) is 26.7 Å². The van der Waals surface area contributed by atoms with Crippen molar-refractivity contribution in [3.8, 4) is 0 Å². The number of likely N-dealkylation sites (tertiary alicyclic amines) is 1. The van der Waals surface area contributed by atoms with Crippen LogP contribution in [0.4, 0.5) is 4.79 Å². The summed E-state index contributed by atoms with van der Waals surface area (Å²) in [4.78, 5) is 69.5. The van der Waals surface area contributed by atoms with E-state index in [9.17, 15) is 32.4 Å². The van der Waals surface area contributed by atoms with Crippen LogP contribution in [0.5, 0.6) is 0 Å². The van der Waals surface area contributed by atoms with E-state index in [0.717, 1.165) is 0 Å². The van der Waals surface area contributed by atoms with E-state index in [4.69, 9.17) is 0 Å². The Morgan fingerprint density at radius 2 is 1.59 bits per heavy atom. The van der Waals surface area contributed by atoms with E-state index in [0.29, 0.717) is 19.4 Å². The number of nitrogens with zero attached hydrogens (tertiary/aromatic N) is 2. The van der Waals surface area contributed by atoms with Crippen LogP contribution >= 0.6 is 0 Å². The number of piperidine rings is 1. The molecule has 3 fully saturated rings. The van der Waals surface area contributed by atoms with E-state index >= 15 is 0 Å². The Morgan fingerprint density at radius 3 is 2.12 bits per heavy atom. The van der Waals surface area contributed by atoms with E-state index in [-0.39, 0.29) is 41.2 Å². The van der Waals surface area contributed by atoms with E-state index in [1.54, 1.807) is 18.2 Å². The third-order valence-corrected chi connectivity index (χ3v) is 12.5. The molecule has 2 saturated carbocycles. The summed E-state index contributed by atoms with van der Waals surface area (Å²) in [6.07, 6.45) is 2.86. The van der Waals surface area contributed by atoms with Crippen LogP contribution in [0, 0.1) is 34.0 Å². The van der Waals surface area contributed by atoms with E-state index in [1.165, 1.54) is 34.5 Å². The van der Waals surface area contributed by atoms with Crippen molar-refractivity contribution in [3.05, 3.63) is 43.0 Å². The first-order valence-electron chi connectivity index (χ1n) is 17.7. The molecule has 1 saturated heterocycles. The first-order valence-corrected chi connectivity index (χ1v) is 19.1. The second-order valence-corrected chi connectivity index (χ2v) is 19.1. The number of ketones is 1. The predicted molar refractivity (Wildman–Crippen MR) is 194 cm³/mol. The van der Waals surface area contributed by atoms with E-state index < -0.39 is 74.6 Å². The van der Waals surface area contributed by atoms with Gasteiger partial charge in [0.05, 0.1) is 4.90 Å². The molecule has 0 bridgehead atoms. The summed E-state index contributed by atoms with van der Waals surface area (Å²) in [6, 6.07) is 3.81. The largest absolute Gasteiger partial charge is 0.346 e. The topological polar surface area (TPSA) is 174 Å². The summed E-state index contributed by atoms with van der Waals surface area (Å²) in [5, 5.41) is 11.1. The Balaban J connectivity index is 1.52. The van der Waals surface area contributed by atoms with Crippen LogP contribution in [0.2, 0.25) is 0 Å². The van der Waals surface area contributed by atoms with E-state index in [1.807, 2.05) is 55.4 Å². The minimum absolute atomic E-state index is 0.0262. The number of nitrogens with one attached hydrogen (secondary N) is 4. The molecule has 0 spiro atoms. The maximum Gasteiger partial charge on any atom is 0.315 e. The predicted octanol–water partition coefficient (Wildman–Crippen LogP) is 2.68. The lowest BCUT2D eigenvalue weighted by molar-refractivity contribution is -0.145. The Morgan fingerprint density at radius 1 is 0.980 bits per heavy atom. The molecular weight excluding hydrogens is 673 g/mol. The van der Waals surface area contributed by atoms with Crippen molar-refractivity contribution in [2.24, 2.45) is 34.0 Å². The van der Waals surface area contributed by atoms with Crippen molar-refractivity contribution in [1.82, 2.24) is 30.5 Å². The molecule has 1 heterocycles. The maximum atomic E-state index is 14.4. The molecule has 1 aliphatic heterocycles. The quantitative estimate of drug-likeness (QED) is 0.168. The smallest absolute Gasteiger partial charge is 0.315 e. The molecule has 1 aromatic rings. The number of amides is 5. The third-order valence-electron chi connectivity index (χ3n) is 10.7. The highest BCUT2D eigenvalue weighted by Gasteiger charge is 2.70. The fraction of sp³-hybridized carbons (Fsp3) is 0.649. The number of likely N-dealkylation sites (N-methyl/N-ethyl adjacent to an activating group) is 1. The molecule has 13 nitrogen and oxygen atoms in total. The zero-order valence-corrected chi connectivity index (χ0v) is 32.2. The molecule has 0 radical (unpaired) electrons. The van der Waals surface area contributed by atoms with Gasteiger partial charge < -0.3 is 26.2 Å². The molecule has 14 heteroatoms. The van der Waals surface area contributed by atoms with Crippen molar-refractivity contribution >= 4 is 39.6 Å². The van der Waals surface area contributed by atoms with Gasteiger partial charge in [0.15, 0.2) is 0 Å². The van der Waals surface area contributed by atoms with Gasteiger partial charge in [-0.05, 0) is 59.0 Å². The van der Waals surface area contributed by atoms with Gasteiger partial charge in [-0.15, -0.1) is 6.58 Å². The first kappa shape index (κ1) is 40.0. The molecule has 4 N–H and O–H groups in total. The number of rotatable bonds is 14. The summed E-state index contributed by atoms with van der Waals surface area (Å²) in [6.45, 7) is 19.2. The molecule has 282 valence electrons. The normalized spacial score (nSPS) is 22.9. The minimum Gasteiger partial charge on any atom is -0.346 e. The Kier molecular flexibility index (Phi) is 11.5. The number of Topliss-reactive ketones (excluding diaryl/α,β-unsaturated/α-hetero) is 1. The molecule has 5 amide bonds. The Labute approximate surface area is 302 Å². The molecular formula is C37H56N6O7S. The standard InChI is InChI=1S/C37H56N6O7S/c1-11-19-38-32(46)29(44)27(22-17-18-22)40-31(45)28-26-24(37(26,8)9)20-43(28)33(47)30(36(5,6)7)41-34(48)39-25(35(2,3)4)21-42(10)51(49,50)23-15-13-12-14-16-23/h11-16,22,24-28,30H,1,17-21H2,2-10H3,(H,38,46)(H,40,45)(H2,39,41,48)/t24-,25+,26-,27?,28-,30+/m0/s1. The molecule has 0 aromatic heterocycles. The lowest BCUT2D eigenvalue weighted by atomic mass is 9.85. The second kappa shape index (κ2) is 14.7. The number of sulfonamides is 1. The summed E-state index contributed by atoms with van der Waals surface area (Å²) in [7, 11) is -2.37. The minimum atomic E-state index is -3.84. The molecule has 1 unspecified atom stereocenters. The van der Waals surface area contributed by atoms with Gasteiger partial charge in [-0.1, -0.05) is 79.7 Å². The van der Waals surface area contributed by atoms with Gasteiger partial charge in [0.2, 0.25) is 27.6 Å². The number of fused-ring (bicyclic) bond motifs is 1. The van der Waals surface area contributed by atoms with Gasteiger partial charge in [0, 0.05) is 32.7 Å². The lowest BCUT2D eigenvalue weighted by Gasteiger charge is -2.39.